The third-order valence-electron chi connectivity index (χ3n) is 3.38. The molecule has 5 heteroatoms. The molecule has 0 saturated heterocycles. The highest BCUT2D eigenvalue weighted by molar-refractivity contribution is 9.10. The number of benzene rings is 1. The first-order valence-electron chi connectivity index (χ1n) is 6.78. The van der Waals surface area contributed by atoms with Gasteiger partial charge < -0.3 is 0 Å². The predicted octanol–water partition coefficient (Wildman–Crippen LogP) is 3.64. The van der Waals surface area contributed by atoms with Gasteiger partial charge in [0.1, 0.15) is 5.69 Å². The molecule has 1 aromatic carbocycles. The van der Waals surface area contributed by atoms with Crippen LogP contribution in [0.3, 0.4) is 0 Å². The Hall–Kier alpha value is -2.01. The van der Waals surface area contributed by atoms with E-state index in [4.69, 9.17) is 0 Å². The van der Waals surface area contributed by atoms with Gasteiger partial charge in [0.25, 0.3) is 0 Å². The van der Waals surface area contributed by atoms with E-state index in [0.717, 1.165) is 27.6 Å². The summed E-state index contributed by atoms with van der Waals surface area (Å²) in [5, 5.41) is 5.58. The van der Waals surface area contributed by atoms with E-state index in [1.807, 2.05) is 41.9 Å². The molecule has 4 nitrogen and oxygen atoms in total. The third-order valence-corrected chi connectivity index (χ3v) is 3.84. The number of para-hydroxylation sites is 1. The lowest BCUT2D eigenvalue weighted by atomic mass is 10.1. The van der Waals surface area contributed by atoms with Crippen LogP contribution in [0.4, 0.5) is 0 Å². The standard InChI is InChI=1S/C16H14BrN3O/c1-2-20-15-6-4-3-5-12(15)14(19-20)9-16(21)13-8-7-11(17)10-18-13/h3-8,10H,2,9H2,1H3. The molecule has 0 unspecified atom stereocenters. The van der Waals surface area contributed by atoms with Crippen molar-refractivity contribution < 1.29 is 4.79 Å². The van der Waals surface area contributed by atoms with E-state index < -0.39 is 0 Å². The number of Topliss-reactive ketones (excluding diaryl/α,β-unsaturated/α-hetero) is 1. The van der Waals surface area contributed by atoms with Crippen molar-refractivity contribution in [1.82, 2.24) is 14.8 Å². The maximum Gasteiger partial charge on any atom is 0.187 e. The Kier molecular flexibility index (Phi) is 3.84. The number of nitrogens with zero attached hydrogens (tertiary/aromatic N) is 3. The van der Waals surface area contributed by atoms with Crippen molar-refractivity contribution in [1.29, 1.82) is 0 Å². The average molecular weight is 344 g/mol. The largest absolute Gasteiger partial charge is 0.292 e. The zero-order chi connectivity index (χ0) is 14.8. The van der Waals surface area contributed by atoms with Crippen LogP contribution in [0.5, 0.6) is 0 Å². The van der Waals surface area contributed by atoms with Crippen LogP contribution in [0.1, 0.15) is 23.1 Å². The Bertz CT molecular complexity index is 793. The van der Waals surface area contributed by atoms with Crippen LogP contribution in [0, 0.1) is 0 Å². The molecule has 0 spiro atoms. The van der Waals surface area contributed by atoms with Crippen LogP contribution in [0.15, 0.2) is 47.1 Å². The zero-order valence-corrected chi connectivity index (χ0v) is 13.2. The van der Waals surface area contributed by atoms with Crippen molar-refractivity contribution in [2.24, 2.45) is 0 Å². The lowest BCUT2D eigenvalue weighted by Crippen LogP contribution is -2.07. The van der Waals surface area contributed by atoms with Crippen LogP contribution in [-0.2, 0) is 13.0 Å². The van der Waals surface area contributed by atoms with E-state index in [2.05, 4.69) is 26.0 Å². The first kappa shape index (κ1) is 13.9. The van der Waals surface area contributed by atoms with Crippen LogP contribution in [0.2, 0.25) is 0 Å². The summed E-state index contributed by atoms with van der Waals surface area (Å²) in [4.78, 5) is 16.5. The smallest absolute Gasteiger partial charge is 0.187 e. The lowest BCUT2D eigenvalue weighted by molar-refractivity contribution is 0.0987. The summed E-state index contributed by atoms with van der Waals surface area (Å²) in [5.41, 5.74) is 2.34. The summed E-state index contributed by atoms with van der Waals surface area (Å²) in [6.07, 6.45) is 1.90. The van der Waals surface area contributed by atoms with Crippen molar-refractivity contribution >= 4 is 32.6 Å². The monoisotopic (exact) mass is 343 g/mol. The van der Waals surface area contributed by atoms with Crippen molar-refractivity contribution in [3.8, 4) is 0 Å². The molecule has 2 heterocycles. The van der Waals surface area contributed by atoms with Crippen molar-refractivity contribution in [2.75, 3.05) is 0 Å². The molecule has 106 valence electrons. The number of rotatable bonds is 4. The minimum absolute atomic E-state index is 0.0194. The third kappa shape index (κ3) is 2.74. The predicted molar refractivity (Wildman–Crippen MR) is 85.4 cm³/mol. The summed E-state index contributed by atoms with van der Waals surface area (Å²) in [5.74, 6) is -0.0194. The van der Waals surface area contributed by atoms with Gasteiger partial charge >= 0.3 is 0 Å². The SMILES string of the molecule is CCn1nc(CC(=O)c2ccc(Br)cn2)c2ccccc21. The van der Waals surface area contributed by atoms with E-state index >= 15 is 0 Å². The highest BCUT2D eigenvalue weighted by Crippen LogP contribution is 2.20. The van der Waals surface area contributed by atoms with Crippen LogP contribution in [-0.4, -0.2) is 20.5 Å². The van der Waals surface area contributed by atoms with Gasteiger partial charge in [-0.1, -0.05) is 18.2 Å². The molecule has 2 aromatic heterocycles. The highest BCUT2D eigenvalue weighted by atomic mass is 79.9. The van der Waals surface area contributed by atoms with Crippen molar-refractivity contribution in [3.05, 3.63) is 58.5 Å². The normalized spacial score (nSPS) is 11.0. The van der Waals surface area contributed by atoms with Crippen LogP contribution in [0.25, 0.3) is 10.9 Å². The van der Waals surface area contributed by atoms with Gasteiger partial charge in [0.15, 0.2) is 5.78 Å². The van der Waals surface area contributed by atoms with Gasteiger partial charge in [-0.25, -0.2) is 0 Å². The number of carbonyl (C=O) groups is 1. The van der Waals surface area contributed by atoms with Crippen molar-refractivity contribution in [2.45, 2.75) is 19.9 Å². The number of aryl methyl sites for hydroxylation is 1. The van der Waals surface area contributed by atoms with E-state index in [1.54, 1.807) is 12.3 Å². The summed E-state index contributed by atoms with van der Waals surface area (Å²) < 4.78 is 2.78. The Morgan fingerprint density at radius 3 is 2.76 bits per heavy atom. The molecule has 0 saturated carbocycles. The molecular formula is C16H14BrN3O. The Balaban J connectivity index is 1.94. The Morgan fingerprint density at radius 2 is 2.05 bits per heavy atom. The average Bonchev–Trinajstić information content (AvgIpc) is 2.86. The molecule has 0 radical (unpaired) electrons. The number of hydrogen-bond acceptors (Lipinski definition) is 3. The fraction of sp³-hybridized carbons (Fsp3) is 0.188. The van der Waals surface area contributed by atoms with Crippen LogP contribution >= 0.6 is 15.9 Å². The molecule has 0 bridgehead atoms. The maximum atomic E-state index is 12.3. The van der Waals surface area contributed by atoms with Gasteiger partial charge in [-0.3, -0.25) is 14.5 Å². The minimum atomic E-state index is -0.0194. The Labute approximate surface area is 130 Å². The number of halogens is 1. The molecule has 0 aliphatic rings. The van der Waals surface area contributed by atoms with Gasteiger partial charge in [-0.2, -0.15) is 5.10 Å². The number of pyridine rings is 1. The molecule has 0 fully saturated rings. The van der Waals surface area contributed by atoms with E-state index in [1.165, 1.54) is 0 Å². The fourth-order valence-electron chi connectivity index (χ4n) is 2.35. The quantitative estimate of drug-likeness (QED) is 0.679. The molecule has 3 rings (SSSR count). The van der Waals surface area contributed by atoms with Crippen molar-refractivity contribution in [3.63, 3.8) is 0 Å². The molecule has 3 aromatic rings. The van der Waals surface area contributed by atoms with Gasteiger partial charge in [-0.05, 0) is 41.1 Å². The highest BCUT2D eigenvalue weighted by Gasteiger charge is 2.15. The van der Waals surface area contributed by atoms with Gasteiger partial charge in [0.2, 0.25) is 0 Å². The molecule has 21 heavy (non-hydrogen) atoms. The molecule has 0 aliphatic carbocycles. The second kappa shape index (κ2) is 5.77. The summed E-state index contributed by atoms with van der Waals surface area (Å²) in [6, 6.07) is 11.5. The maximum absolute atomic E-state index is 12.3. The number of aromatic nitrogens is 3. The Morgan fingerprint density at radius 1 is 1.24 bits per heavy atom. The van der Waals surface area contributed by atoms with Crippen LogP contribution < -0.4 is 0 Å². The van der Waals surface area contributed by atoms with Gasteiger partial charge in [0.05, 0.1) is 17.6 Å². The fourth-order valence-corrected chi connectivity index (χ4v) is 2.59. The van der Waals surface area contributed by atoms with E-state index in [0.29, 0.717) is 5.69 Å². The molecule has 0 aliphatic heterocycles. The lowest BCUT2D eigenvalue weighted by Gasteiger charge is -1.99. The minimum Gasteiger partial charge on any atom is -0.292 e. The molecule has 0 N–H and O–H groups in total. The number of ketones is 1. The van der Waals surface area contributed by atoms with Gasteiger partial charge in [-0.15, -0.1) is 0 Å². The summed E-state index contributed by atoms with van der Waals surface area (Å²) in [7, 11) is 0. The number of fused-ring (bicyclic) bond motifs is 1. The zero-order valence-electron chi connectivity index (χ0n) is 11.6. The first-order chi connectivity index (χ1) is 10.2. The molecule has 0 atom stereocenters. The number of carbonyl (C=O) groups excluding carboxylic acids is 1. The van der Waals surface area contributed by atoms with E-state index in [9.17, 15) is 4.79 Å². The summed E-state index contributed by atoms with van der Waals surface area (Å²) >= 11 is 3.32. The number of hydrogen-bond donors (Lipinski definition) is 0. The van der Waals surface area contributed by atoms with E-state index in [-0.39, 0.29) is 12.2 Å². The second-order valence-electron chi connectivity index (χ2n) is 4.74. The first-order valence-corrected chi connectivity index (χ1v) is 7.57. The summed E-state index contributed by atoms with van der Waals surface area (Å²) in [6.45, 7) is 2.83. The molecular weight excluding hydrogens is 330 g/mol. The topological polar surface area (TPSA) is 47.8 Å². The molecule has 0 amide bonds. The second-order valence-corrected chi connectivity index (χ2v) is 5.66. The van der Waals surface area contributed by atoms with Gasteiger partial charge in [0, 0.05) is 22.6 Å².